The minimum Gasteiger partial charge on any atom is -0.493 e. The minimum absolute atomic E-state index is 0.132. The summed E-state index contributed by atoms with van der Waals surface area (Å²) in [4.78, 5) is 29.0. The van der Waals surface area contributed by atoms with Gasteiger partial charge in [0, 0.05) is 46.2 Å². The summed E-state index contributed by atoms with van der Waals surface area (Å²) in [6, 6.07) is 11.1. The largest absolute Gasteiger partial charge is 0.493 e. The smallest absolute Gasteiger partial charge is 0.324 e. The van der Waals surface area contributed by atoms with Crippen LogP contribution in [0.2, 0.25) is 5.02 Å². The van der Waals surface area contributed by atoms with Crippen molar-refractivity contribution in [2.45, 2.75) is 32.6 Å². The Morgan fingerprint density at radius 3 is 2.56 bits per heavy atom. The Balaban J connectivity index is 1.50. The predicted molar refractivity (Wildman–Crippen MR) is 156 cm³/mol. The molecule has 2 aromatic heterocycles. The summed E-state index contributed by atoms with van der Waals surface area (Å²) in [5, 5.41) is 14.0. The zero-order valence-electron chi connectivity index (χ0n) is 21.6. The molecule has 0 unspecified atom stereocenters. The maximum absolute atomic E-state index is 12.5. The van der Waals surface area contributed by atoms with E-state index in [1.165, 1.54) is 0 Å². The number of hydrogen-bond donors (Lipinski definition) is 4. The van der Waals surface area contributed by atoms with Crippen molar-refractivity contribution in [1.82, 2.24) is 15.2 Å². The number of H-pyrrole nitrogens is 1. The fourth-order valence-electron chi connectivity index (χ4n) is 3.61. The van der Waals surface area contributed by atoms with Crippen molar-refractivity contribution < 1.29 is 19.1 Å². The van der Waals surface area contributed by atoms with Crippen LogP contribution in [0.15, 0.2) is 48.7 Å². The third kappa shape index (κ3) is 6.98. The van der Waals surface area contributed by atoms with Gasteiger partial charge in [0.2, 0.25) is 0 Å². The van der Waals surface area contributed by atoms with Crippen LogP contribution in [0.5, 0.6) is 17.2 Å². The van der Waals surface area contributed by atoms with Gasteiger partial charge in [-0.25, -0.2) is 4.79 Å². The van der Waals surface area contributed by atoms with E-state index in [1.54, 1.807) is 48.7 Å². The standard InChI is InChI=1S/C27H28BrClN6O4/c1-27(2,3)23-14-24(35-34-23)33-26(37)32-19-6-5-15(11-18(19)29)39-21-7-9-31-20-13-22(38-10-4-8-28)17(25(30)36)12-16(20)21/h5-7,9,11-14H,4,8,10H2,1-3H3,(H2,30,36)(H3,32,33,34,35,37). The van der Waals surface area contributed by atoms with E-state index in [2.05, 4.69) is 41.7 Å². The number of amides is 3. The Labute approximate surface area is 238 Å². The highest BCUT2D eigenvalue weighted by Gasteiger charge is 2.18. The molecule has 3 amide bonds. The molecule has 0 aliphatic carbocycles. The van der Waals surface area contributed by atoms with Gasteiger partial charge in [0.25, 0.3) is 5.91 Å². The molecule has 204 valence electrons. The molecule has 0 saturated carbocycles. The van der Waals surface area contributed by atoms with Crippen molar-refractivity contribution >= 4 is 61.9 Å². The van der Waals surface area contributed by atoms with E-state index in [4.69, 9.17) is 26.8 Å². The summed E-state index contributed by atoms with van der Waals surface area (Å²) in [6.45, 7) is 6.54. The molecular formula is C27H28BrClN6O4. The number of anilines is 2. The molecule has 0 bridgehead atoms. The van der Waals surface area contributed by atoms with E-state index in [9.17, 15) is 9.59 Å². The number of fused-ring (bicyclic) bond motifs is 1. The van der Waals surface area contributed by atoms with Crippen LogP contribution in [0.25, 0.3) is 10.9 Å². The zero-order chi connectivity index (χ0) is 28.2. The molecule has 0 aliphatic rings. The molecule has 0 radical (unpaired) electrons. The van der Waals surface area contributed by atoms with E-state index < -0.39 is 11.9 Å². The normalized spacial score (nSPS) is 11.3. The average Bonchev–Trinajstić information content (AvgIpc) is 3.34. The molecule has 10 nitrogen and oxygen atoms in total. The lowest BCUT2D eigenvalue weighted by molar-refractivity contribution is 0.0996. The summed E-state index contributed by atoms with van der Waals surface area (Å²) < 4.78 is 11.8. The zero-order valence-corrected chi connectivity index (χ0v) is 23.9. The lowest BCUT2D eigenvalue weighted by Crippen LogP contribution is -2.19. The number of pyridine rings is 1. The summed E-state index contributed by atoms with van der Waals surface area (Å²) in [7, 11) is 0. The lowest BCUT2D eigenvalue weighted by atomic mass is 9.92. The minimum atomic E-state index is -0.623. The maximum atomic E-state index is 12.5. The Kier molecular flexibility index (Phi) is 8.61. The van der Waals surface area contributed by atoms with Gasteiger partial charge in [-0.1, -0.05) is 48.3 Å². The Morgan fingerprint density at radius 2 is 1.90 bits per heavy atom. The van der Waals surface area contributed by atoms with Gasteiger partial charge in [-0.15, -0.1) is 0 Å². The fourth-order valence-corrected chi connectivity index (χ4v) is 4.06. The number of alkyl halides is 1. The number of aromatic nitrogens is 3. The van der Waals surface area contributed by atoms with Crippen LogP contribution in [0.3, 0.4) is 0 Å². The number of primary amides is 1. The predicted octanol–water partition coefficient (Wildman–Crippen LogP) is 6.61. The number of ether oxygens (including phenoxy) is 2. The van der Waals surface area contributed by atoms with Crippen LogP contribution in [-0.4, -0.2) is 39.1 Å². The highest BCUT2D eigenvalue weighted by Crippen LogP contribution is 2.35. The molecule has 5 N–H and O–H groups in total. The number of hydrogen-bond acceptors (Lipinski definition) is 6. The number of carbonyl (C=O) groups is 2. The molecule has 4 rings (SSSR count). The molecule has 0 spiro atoms. The van der Waals surface area contributed by atoms with Crippen molar-refractivity contribution in [2.24, 2.45) is 5.73 Å². The number of carbonyl (C=O) groups excluding carboxylic acids is 2. The first-order valence-corrected chi connectivity index (χ1v) is 13.6. The molecular weight excluding hydrogens is 588 g/mol. The van der Waals surface area contributed by atoms with Crippen LogP contribution in [-0.2, 0) is 5.41 Å². The van der Waals surface area contributed by atoms with Gasteiger partial charge in [0.1, 0.15) is 17.2 Å². The number of urea groups is 1. The van der Waals surface area contributed by atoms with Crippen molar-refractivity contribution in [3.05, 3.63) is 64.9 Å². The van der Waals surface area contributed by atoms with E-state index in [-0.39, 0.29) is 16.0 Å². The molecule has 0 atom stereocenters. The van der Waals surface area contributed by atoms with E-state index >= 15 is 0 Å². The molecule has 12 heteroatoms. The molecule has 4 aromatic rings. The second kappa shape index (κ2) is 11.9. The number of benzene rings is 2. The van der Waals surface area contributed by atoms with Crippen molar-refractivity contribution in [2.75, 3.05) is 22.6 Å². The first-order valence-electron chi connectivity index (χ1n) is 12.1. The number of nitrogens with two attached hydrogens (primary N) is 1. The first kappa shape index (κ1) is 28.2. The van der Waals surface area contributed by atoms with Gasteiger partial charge in [-0.2, -0.15) is 5.10 Å². The third-order valence-corrected chi connectivity index (χ3v) is 6.52. The van der Waals surface area contributed by atoms with Crippen LogP contribution >= 0.6 is 27.5 Å². The van der Waals surface area contributed by atoms with Crippen molar-refractivity contribution in [3.63, 3.8) is 0 Å². The number of aromatic amines is 1. The average molecular weight is 616 g/mol. The Morgan fingerprint density at radius 1 is 1.10 bits per heavy atom. The monoisotopic (exact) mass is 614 g/mol. The summed E-state index contributed by atoms with van der Waals surface area (Å²) in [5.41, 5.74) is 7.54. The van der Waals surface area contributed by atoms with Gasteiger partial charge in [0.15, 0.2) is 5.82 Å². The lowest BCUT2D eigenvalue weighted by Gasteiger charge is -2.14. The second-order valence-electron chi connectivity index (χ2n) is 9.67. The Hall–Kier alpha value is -3.83. The van der Waals surface area contributed by atoms with Gasteiger partial charge < -0.3 is 20.5 Å². The molecule has 2 heterocycles. The number of halogens is 2. The SMILES string of the molecule is CC(C)(C)c1cc(NC(=O)Nc2ccc(Oc3ccnc4cc(OCCCBr)c(C(N)=O)cc34)cc2Cl)n[nH]1. The first-order chi connectivity index (χ1) is 18.5. The highest BCUT2D eigenvalue weighted by atomic mass is 79.9. The van der Waals surface area contributed by atoms with Gasteiger partial charge >= 0.3 is 6.03 Å². The molecule has 39 heavy (non-hydrogen) atoms. The molecule has 0 saturated heterocycles. The fraction of sp³-hybridized carbons (Fsp3) is 0.259. The van der Waals surface area contributed by atoms with Crippen molar-refractivity contribution in [1.29, 1.82) is 0 Å². The highest BCUT2D eigenvalue weighted by molar-refractivity contribution is 9.09. The maximum Gasteiger partial charge on any atom is 0.324 e. The van der Waals surface area contributed by atoms with Gasteiger partial charge in [0.05, 0.1) is 28.4 Å². The molecule has 2 aromatic carbocycles. The second-order valence-corrected chi connectivity index (χ2v) is 10.9. The van der Waals surface area contributed by atoms with Crippen molar-refractivity contribution in [3.8, 4) is 17.2 Å². The van der Waals surface area contributed by atoms with Crippen LogP contribution in [0.4, 0.5) is 16.3 Å². The van der Waals surface area contributed by atoms with E-state index in [1.807, 2.05) is 20.8 Å². The van der Waals surface area contributed by atoms with Crippen LogP contribution < -0.4 is 25.8 Å². The third-order valence-electron chi connectivity index (χ3n) is 5.65. The summed E-state index contributed by atoms with van der Waals surface area (Å²) in [6.07, 6.45) is 2.35. The number of nitrogens with zero attached hydrogens (tertiary/aromatic N) is 2. The quantitative estimate of drug-likeness (QED) is 0.123. The Bertz CT molecular complexity index is 1520. The summed E-state index contributed by atoms with van der Waals surface area (Å²) >= 11 is 9.79. The summed E-state index contributed by atoms with van der Waals surface area (Å²) in [5.74, 6) is 0.990. The van der Waals surface area contributed by atoms with E-state index in [0.717, 1.165) is 17.4 Å². The van der Waals surface area contributed by atoms with Crippen LogP contribution in [0.1, 0.15) is 43.2 Å². The number of nitrogens with one attached hydrogen (secondary N) is 3. The van der Waals surface area contributed by atoms with Gasteiger partial charge in [-0.05, 0) is 30.7 Å². The van der Waals surface area contributed by atoms with E-state index in [0.29, 0.717) is 46.3 Å². The topological polar surface area (TPSA) is 144 Å². The number of rotatable bonds is 9. The molecule has 0 aliphatic heterocycles. The molecule has 0 fully saturated rings. The van der Waals surface area contributed by atoms with Crippen LogP contribution in [0, 0.1) is 0 Å². The van der Waals surface area contributed by atoms with Gasteiger partial charge in [-0.3, -0.25) is 20.2 Å².